The van der Waals surface area contributed by atoms with Crippen molar-refractivity contribution in [2.45, 2.75) is 32.9 Å². The molecule has 5 rings (SSSR count). The van der Waals surface area contributed by atoms with Crippen LogP contribution in [0.5, 0.6) is 5.75 Å². The quantitative estimate of drug-likeness (QED) is 0.0133. The largest absolute Gasteiger partial charge is 0.505 e. The monoisotopic (exact) mass is 940 g/mol. The molecule has 0 unspecified atom stereocenters. The molecule has 0 saturated carbocycles. The minimum absolute atomic E-state index is 0.0576. The number of nitrogens with one attached hydrogen (secondary N) is 1. The molecule has 5 aromatic rings. The van der Waals surface area contributed by atoms with Crippen LogP contribution in [-0.2, 0) is 53.7 Å². The molecule has 0 bridgehead atoms. The van der Waals surface area contributed by atoms with Crippen LogP contribution < -0.4 is 11.1 Å². The van der Waals surface area contributed by atoms with Gasteiger partial charge < -0.3 is 16.2 Å². The first kappa shape index (κ1) is 46.6. The summed E-state index contributed by atoms with van der Waals surface area (Å²) < 4.78 is 124. The third kappa shape index (κ3) is 11.9. The molecule has 0 radical (unpaired) electrons. The summed E-state index contributed by atoms with van der Waals surface area (Å²) in [7, 11) is -17.6. The Bertz CT molecular complexity index is 2990. The fourth-order valence-corrected chi connectivity index (χ4v) is 9.38. The maximum Gasteiger partial charge on any atom is 0.397 e. The zero-order valence-electron chi connectivity index (χ0n) is 31.0. The van der Waals surface area contributed by atoms with Crippen LogP contribution in [0.25, 0.3) is 10.8 Å². The molecule has 0 saturated heterocycles. The lowest BCUT2D eigenvalue weighted by Gasteiger charge is -2.14. The van der Waals surface area contributed by atoms with E-state index in [9.17, 15) is 48.1 Å². The van der Waals surface area contributed by atoms with Gasteiger partial charge in [0, 0.05) is 11.3 Å². The van der Waals surface area contributed by atoms with Crippen LogP contribution in [0.15, 0.2) is 125 Å². The normalized spacial score (nSPS) is 12.7. The lowest BCUT2D eigenvalue weighted by Crippen LogP contribution is -2.15. The Labute approximate surface area is 351 Å². The maximum absolute atomic E-state index is 13.0. The first-order chi connectivity index (χ1) is 28.6. The van der Waals surface area contributed by atoms with E-state index in [2.05, 4.69) is 39.3 Å². The SMILES string of the molecule is CCCS(=O)(=O)c1cccc(NC(=O)c2ccc(/N=N/c3c(SOOO)cc4cc(S(=O)(=O)O)c(/N=N/c5ccc(S(=O)(=O)CCOS(=O)(=O)O)cc5)c(N)c4c3O)cc2)c1. The molecule has 0 aliphatic heterocycles. The van der Waals surface area contributed by atoms with Crippen molar-refractivity contribution in [3.05, 3.63) is 90.5 Å². The Morgan fingerprint density at radius 2 is 1.38 bits per heavy atom. The molecule has 22 nitrogen and oxygen atoms in total. The van der Waals surface area contributed by atoms with E-state index in [0.717, 1.165) is 30.3 Å². The second-order valence-electron chi connectivity index (χ2n) is 12.3. The molecule has 324 valence electrons. The van der Waals surface area contributed by atoms with Crippen molar-refractivity contribution in [2.75, 3.05) is 29.2 Å². The van der Waals surface area contributed by atoms with E-state index in [1.54, 1.807) is 6.92 Å². The number of phenols is 1. The van der Waals surface area contributed by atoms with Gasteiger partial charge in [0.1, 0.15) is 16.3 Å². The highest BCUT2D eigenvalue weighted by Gasteiger charge is 2.26. The van der Waals surface area contributed by atoms with Crippen LogP contribution in [0.1, 0.15) is 23.7 Å². The minimum Gasteiger partial charge on any atom is -0.505 e. The molecular formula is C34H32N6O16S5. The Kier molecular flexibility index (Phi) is 14.6. The standard InChI is InChI=1S/C34H32N6O16S5/c1-2-15-58(44,45)26-5-3-4-24(19-26)36-34(42)20-6-8-22(9-7-20)37-39-31-27(57-56-55-43)17-21-18-28(60(48,49)50)32(30(35)29(21)33(31)41)40-38-23-10-12-25(13-11-23)59(46,47)16-14-54-61(51,52)53/h3-13,17-19,41,43H,2,14-16,35H2,1H3,(H,36,42)(H,48,49,50)(H,51,52,53)/b39-37+,40-38+. The molecule has 1 amide bonds. The summed E-state index contributed by atoms with van der Waals surface area (Å²) in [6, 6.07) is 17.9. The van der Waals surface area contributed by atoms with Gasteiger partial charge in [0.05, 0.1) is 67.3 Å². The first-order valence-corrected chi connectivity index (χ1v) is 23.8. The molecule has 27 heteroatoms. The second kappa shape index (κ2) is 19.1. The van der Waals surface area contributed by atoms with E-state index in [0.29, 0.717) is 18.5 Å². The van der Waals surface area contributed by atoms with Crippen LogP contribution in [0, 0.1) is 0 Å². The highest BCUT2D eigenvalue weighted by molar-refractivity contribution is 7.94. The molecule has 5 aromatic carbocycles. The third-order valence-electron chi connectivity index (χ3n) is 8.11. The Morgan fingerprint density at radius 1 is 0.770 bits per heavy atom. The van der Waals surface area contributed by atoms with Crippen LogP contribution in [0.3, 0.4) is 0 Å². The number of hydrogen-bond acceptors (Lipinski definition) is 20. The van der Waals surface area contributed by atoms with Crippen LogP contribution >= 0.6 is 12.0 Å². The Balaban J connectivity index is 1.46. The number of nitrogen functional groups attached to an aromatic ring is 1. The van der Waals surface area contributed by atoms with Gasteiger partial charge in [-0.25, -0.2) is 26.3 Å². The Morgan fingerprint density at radius 3 is 1.97 bits per heavy atom. The fraction of sp³-hybridized carbons (Fsp3) is 0.147. The molecule has 0 atom stereocenters. The van der Waals surface area contributed by atoms with E-state index >= 15 is 0 Å². The molecule has 0 spiro atoms. The van der Waals surface area contributed by atoms with Gasteiger partial charge in [-0.2, -0.15) is 27.1 Å². The molecule has 7 N–H and O–H groups in total. The number of carbonyl (C=O) groups is 1. The van der Waals surface area contributed by atoms with E-state index in [1.807, 2.05) is 0 Å². The van der Waals surface area contributed by atoms with Crippen molar-refractivity contribution < 1.29 is 71.5 Å². The van der Waals surface area contributed by atoms with Gasteiger partial charge in [-0.3, -0.25) is 13.9 Å². The molecule has 61 heavy (non-hydrogen) atoms. The summed E-state index contributed by atoms with van der Waals surface area (Å²) in [5.41, 5.74) is 5.26. The van der Waals surface area contributed by atoms with Gasteiger partial charge in [-0.1, -0.05) is 18.0 Å². The number of anilines is 2. The fourth-order valence-electron chi connectivity index (χ4n) is 5.36. The summed E-state index contributed by atoms with van der Waals surface area (Å²) >= 11 is 0.304. The number of benzene rings is 5. The van der Waals surface area contributed by atoms with E-state index in [4.69, 9.17) is 15.5 Å². The van der Waals surface area contributed by atoms with Crippen molar-refractivity contribution in [1.82, 2.24) is 0 Å². The minimum atomic E-state index is -5.10. The number of fused-ring (bicyclic) bond motifs is 1. The summed E-state index contributed by atoms with van der Waals surface area (Å²) in [5, 5.41) is 42.1. The summed E-state index contributed by atoms with van der Waals surface area (Å²) in [6.07, 6.45) is 0.416. The van der Waals surface area contributed by atoms with Crippen LogP contribution in [0.2, 0.25) is 0 Å². The van der Waals surface area contributed by atoms with Crippen molar-refractivity contribution in [1.29, 1.82) is 0 Å². The van der Waals surface area contributed by atoms with Crippen LogP contribution in [-0.4, -0.2) is 77.2 Å². The number of phenolic OH excluding ortho intramolecular Hbond substituents is 1. The second-order valence-corrected chi connectivity index (χ2v) is 19.8. The van der Waals surface area contributed by atoms with E-state index in [1.165, 1.54) is 54.6 Å². The van der Waals surface area contributed by atoms with E-state index < -0.39 is 80.5 Å². The highest BCUT2D eigenvalue weighted by Crippen LogP contribution is 2.49. The van der Waals surface area contributed by atoms with Gasteiger partial charge in [0.15, 0.2) is 25.4 Å². The van der Waals surface area contributed by atoms with E-state index in [-0.39, 0.29) is 59.5 Å². The number of nitrogens with zero attached hydrogens (tertiary/aromatic N) is 4. The maximum atomic E-state index is 13.0. The smallest absolute Gasteiger partial charge is 0.397 e. The predicted molar refractivity (Wildman–Crippen MR) is 218 cm³/mol. The third-order valence-corrected chi connectivity index (χ3v) is 13.7. The lowest BCUT2D eigenvalue weighted by atomic mass is 10.1. The van der Waals surface area contributed by atoms with Crippen molar-refractivity contribution in [3.8, 4) is 5.75 Å². The number of azo groups is 2. The number of rotatable bonds is 18. The summed E-state index contributed by atoms with van der Waals surface area (Å²) in [5.74, 6) is -2.17. The van der Waals surface area contributed by atoms with Gasteiger partial charge in [0.2, 0.25) is 0 Å². The molecular weight excluding hydrogens is 909 g/mol. The number of hydrogen-bond donors (Lipinski definition) is 6. The molecule has 0 aromatic heterocycles. The first-order valence-electron chi connectivity index (χ1n) is 16.9. The average Bonchev–Trinajstić information content (AvgIpc) is 3.18. The van der Waals surface area contributed by atoms with Crippen molar-refractivity contribution >= 4 is 103 Å². The molecule has 0 aliphatic carbocycles. The number of amides is 1. The number of nitrogens with two attached hydrogens (primary N) is 1. The summed E-state index contributed by atoms with van der Waals surface area (Å²) in [6.45, 7) is 0.861. The Hall–Kier alpha value is -5.46. The van der Waals surface area contributed by atoms with Crippen molar-refractivity contribution in [2.24, 2.45) is 20.5 Å². The molecule has 0 fully saturated rings. The topological polar surface area (TPSA) is 350 Å². The van der Waals surface area contributed by atoms with Gasteiger partial charge in [-0.15, -0.1) is 14.6 Å². The van der Waals surface area contributed by atoms with Gasteiger partial charge >= 0.3 is 10.4 Å². The van der Waals surface area contributed by atoms with Gasteiger partial charge in [0.25, 0.3) is 16.0 Å². The lowest BCUT2D eigenvalue weighted by molar-refractivity contribution is -0.432. The van der Waals surface area contributed by atoms with Gasteiger partial charge in [-0.05, 0) is 90.7 Å². The highest BCUT2D eigenvalue weighted by atomic mass is 32.3. The number of carbonyl (C=O) groups excluding carboxylic acids is 1. The molecule has 0 aliphatic rings. The number of aromatic hydroxyl groups is 1. The zero-order valence-corrected chi connectivity index (χ0v) is 35.1. The molecule has 0 heterocycles. The zero-order chi connectivity index (χ0) is 44.8. The van der Waals surface area contributed by atoms with Crippen LogP contribution in [0.4, 0.5) is 34.1 Å². The van der Waals surface area contributed by atoms with Crippen molar-refractivity contribution in [3.63, 3.8) is 0 Å². The average molecular weight is 941 g/mol. The predicted octanol–water partition coefficient (Wildman–Crippen LogP) is 6.66. The number of sulfone groups is 2. The summed E-state index contributed by atoms with van der Waals surface area (Å²) in [4.78, 5) is 11.7.